The van der Waals surface area contributed by atoms with Crippen molar-refractivity contribution in [1.82, 2.24) is 5.32 Å². The zero-order valence-electron chi connectivity index (χ0n) is 9.33. The van der Waals surface area contributed by atoms with Crippen molar-refractivity contribution in [2.75, 3.05) is 6.54 Å². The molecule has 1 aromatic rings. The highest BCUT2D eigenvalue weighted by molar-refractivity contribution is 5.21. The molecule has 0 aliphatic carbocycles. The van der Waals surface area contributed by atoms with Gasteiger partial charge in [-0.15, -0.1) is 0 Å². The summed E-state index contributed by atoms with van der Waals surface area (Å²) in [6.45, 7) is 4.92. The maximum Gasteiger partial charge on any atom is 0.0715 e. The summed E-state index contributed by atoms with van der Waals surface area (Å²) < 4.78 is 0. The van der Waals surface area contributed by atoms with Gasteiger partial charge in [-0.25, -0.2) is 0 Å². The first-order chi connectivity index (χ1) is 7.01. The van der Waals surface area contributed by atoms with E-state index >= 15 is 0 Å². The zero-order chi connectivity index (χ0) is 11.3. The van der Waals surface area contributed by atoms with E-state index in [0.717, 1.165) is 17.7 Å². The highest BCUT2D eigenvalue weighted by Crippen LogP contribution is 2.04. The molecule has 0 unspecified atom stereocenters. The first-order valence-corrected chi connectivity index (χ1v) is 5.13. The molecule has 0 heterocycles. The highest BCUT2D eigenvalue weighted by atomic mass is 16.3. The van der Waals surface area contributed by atoms with E-state index in [4.69, 9.17) is 5.11 Å². The third-order valence-corrected chi connectivity index (χ3v) is 2.09. The minimum Gasteiger partial charge on any atom is -0.392 e. The van der Waals surface area contributed by atoms with Gasteiger partial charge in [-0.3, -0.25) is 0 Å². The molecule has 0 aliphatic heterocycles. The maximum absolute atomic E-state index is 9.48. The normalized spacial score (nSPS) is 11.7. The van der Waals surface area contributed by atoms with Crippen LogP contribution in [0.1, 0.15) is 25.0 Å². The predicted octanol–water partition coefficient (Wildman–Crippen LogP) is 1.04. The second-order valence-corrected chi connectivity index (χ2v) is 4.39. The molecule has 0 fully saturated rings. The van der Waals surface area contributed by atoms with Gasteiger partial charge in [0.1, 0.15) is 0 Å². The van der Waals surface area contributed by atoms with Gasteiger partial charge in [0.2, 0.25) is 0 Å². The molecule has 0 aliphatic rings. The van der Waals surface area contributed by atoms with Crippen molar-refractivity contribution in [1.29, 1.82) is 0 Å². The minimum atomic E-state index is -0.676. The van der Waals surface area contributed by atoms with Crippen molar-refractivity contribution < 1.29 is 10.2 Å². The summed E-state index contributed by atoms with van der Waals surface area (Å²) in [6.07, 6.45) is 0. The van der Waals surface area contributed by atoms with Gasteiger partial charge in [0.25, 0.3) is 0 Å². The van der Waals surface area contributed by atoms with Crippen molar-refractivity contribution in [2.45, 2.75) is 32.6 Å². The predicted molar refractivity (Wildman–Crippen MR) is 60.4 cm³/mol. The Balaban J connectivity index is 2.38. The largest absolute Gasteiger partial charge is 0.392 e. The van der Waals surface area contributed by atoms with Gasteiger partial charge in [0, 0.05) is 13.1 Å². The second-order valence-electron chi connectivity index (χ2n) is 4.39. The molecule has 0 saturated carbocycles. The van der Waals surface area contributed by atoms with Crippen LogP contribution < -0.4 is 5.32 Å². The standard InChI is InChI=1S/C12H19NO2/c1-12(2,15)9-13-7-10-3-5-11(8-14)6-4-10/h3-6,13-15H,7-9H2,1-2H3. The number of hydrogen-bond acceptors (Lipinski definition) is 3. The summed E-state index contributed by atoms with van der Waals surface area (Å²) in [4.78, 5) is 0. The third kappa shape index (κ3) is 4.93. The van der Waals surface area contributed by atoms with Crippen LogP contribution in [0.4, 0.5) is 0 Å². The van der Waals surface area contributed by atoms with E-state index in [9.17, 15) is 5.11 Å². The monoisotopic (exact) mass is 209 g/mol. The Morgan fingerprint density at radius 3 is 2.13 bits per heavy atom. The van der Waals surface area contributed by atoms with E-state index in [2.05, 4.69) is 5.32 Å². The molecule has 15 heavy (non-hydrogen) atoms. The van der Waals surface area contributed by atoms with Gasteiger partial charge in [0.05, 0.1) is 12.2 Å². The Labute approximate surface area is 90.8 Å². The van der Waals surface area contributed by atoms with Crippen molar-refractivity contribution >= 4 is 0 Å². The van der Waals surface area contributed by atoms with Crippen LogP contribution in [-0.4, -0.2) is 22.4 Å². The topological polar surface area (TPSA) is 52.5 Å². The number of rotatable bonds is 5. The van der Waals surface area contributed by atoms with Gasteiger partial charge in [-0.2, -0.15) is 0 Å². The third-order valence-electron chi connectivity index (χ3n) is 2.09. The Morgan fingerprint density at radius 2 is 1.67 bits per heavy atom. The average Bonchev–Trinajstić information content (AvgIpc) is 2.17. The molecular formula is C12H19NO2. The summed E-state index contributed by atoms with van der Waals surface area (Å²) in [5.74, 6) is 0. The first kappa shape index (κ1) is 12.2. The fraction of sp³-hybridized carbons (Fsp3) is 0.500. The summed E-state index contributed by atoms with van der Waals surface area (Å²) >= 11 is 0. The molecule has 3 nitrogen and oxygen atoms in total. The Bertz CT molecular complexity index is 287. The van der Waals surface area contributed by atoms with Crippen molar-refractivity contribution in [3.63, 3.8) is 0 Å². The number of aliphatic hydroxyl groups excluding tert-OH is 1. The van der Waals surface area contributed by atoms with Crippen LogP contribution in [0.3, 0.4) is 0 Å². The Kier molecular flexibility index (Phi) is 4.27. The molecule has 1 aromatic carbocycles. The van der Waals surface area contributed by atoms with Crippen molar-refractivity contribution in [3.05, 3.63) is 35.4 Å². The molecule has 0 bridgehead atoms. The highest BCUT2D eigenvalue weighted by Gasteiger charge is 2.10. The van der Waals surface area contributed by atoms with E-state index in [0.29, 0.717) is 6.54 Å². The average molecular weight is 209 g/mol. The zero-order valence-corrected chi connectivity index (χ0v) is 9.33. The summed E-state index contributed by atoms with van der Waals surface area (Å²) in [7, 11) is 0. The van der Waals surface area contributed by atoms with Crippen LogP contribution in [0, 0.1) is 0 Å². The molecule has 3 heteroatoms. The number of hydrogen-bond donors (Lipinski definition) is 3. The molecule has 0 amide bonds. The number of benzene rings is 1. The van der Waals surface area contributed by atoms with E-state index in [1.165, 1.54) is 0 Å². The van der Waals surface area contributed by atoms with Crippen molar-refractivity contribution in [2.24, 2.45) is 0 Å². The first-order valence-electron chi connectivity index (χ1n) is 5.13. The van der Waals surface area contributed by atoms with Crippen LogP contribution >= 0.6 is 0 Å². The molecule has 0 saturated heterocycles. The molecule has 84 valence electrons. The lowest BCUT2D eigenvalue weighted by Gasteiger charge is -2.17. The quantitative estimate of drug-likeness (QED) is 0.679. The molecule has 0 aromatic heterocycles. The van der Waals surface area contributed by atoms with Gasteiger partial charge in [-0.05, 0) is 25.0 Å². The van der Waals surface area contributed by atoms with Gasteiger partial charge >= 0.3 is 0 Å². The van der Waals surface area contributed by atoms with Crippen LogP contribution in [-0.2, 0) is 13.2 Å². The second kappa shape index (κ2) is 5.26. The molecule has 0 atom stereocenters. The van der Waals surface area contributed by atoms with Gasteiger partial charge < -0.3 is 15.5 Å². The maximum atomic E-state index is 9.48. The van der Waals surface area contributed by atoms with E-state index < -0.39 is 5.60 Å². The molecule has 0 spiro atoms. The lowest BCUT2D eigenvalue weighted by atomic mass is 10.1. The van der Waals surface area contributed by atoms with Crippen LogP contribution in [0.5, 0.6) is 0 Å². The molecule has 0 radical (unpaired) electrons. The number of aliphatic hydroxyl groups is 2. The Morgan fingerprint density at radius 1 is 1.13 bits per heavy atom. The Hall–Kier alpha value is -0.900. The summed E-state index contributed by atoms with van der Waals surface area (Å²) in [5, 5.41) is 21.5. The van der Waals surface area contributed by atoms with E-state index in [1.54, 1.807) is 13.8 Å². The van der Waals surface area contributed by atoms with Crippen LogP contribution in [0.15, 0.2) is 24.3 Å². The molecule has 1 rings (SSSR count). The van der Waals surface area contributed by atoms with Gasteiger partial charge in [-0.1, -0.05) is 24.3 Å². The van der Waals surface area contributed by atoms with Gasteiger partial charge in [0.15, 0.2) is 0 Å². The molecular weight excluding hydrogens is 190 g/mol. The minimum absolute atomic E-state index is 0.0807. The van der Waals surface area contributed by atoms with Crippen molar-refractivity contribution in [3.8, 4) is 0 Å². The fourth-order valence-electron chi connectivity index (χ4n) is 1.28. The smallest absolute Gasteiger partial charge is 0.0715 e. The lowest BCUT2D eigenvalue weighted by Crippen LogP contribution is -2.34. The van der Waals surface area contributed by atoms with E-state index in [1.807, 2.05) is 24.3 Å². The summed E-state index contributed by atoms with van der Waals surface area (Å²) in [6, 6.07) is 7.76. The van der Waals surface area contributed by atoms with E-state index in [-0.39, 0.29) is 6.61 Å². The molecule has 3 N–H and O–H groups in total. The van der Waals surface area contributed by atoms with Crippen LogP contribution in [0.2, 0.25) is 0 Å². The summed E-state index contributed by atoms with van der Waals surface area (Å²) in [5.41, 5.74) is 1.39. The fourth-order valence-corrected chi connectivity index (χ4v) is 1.28. The number of nitrogens with one attached hydrogen (secondary N) is 1. The SMILES string of the molecule is CC(C)(O)CNCc1ccc(CO)cc1. The van der Waals surface area contributed by atoms with Crippen LogP contribution in [0.25, 0.3) is 0 Å². The lowest BCUT2D eigenvalue weighted by molar-refractivity contribution is 0.0795.